The SMILES string of the molecule is NC(=O)C(c1cccs1)n1nc(-c2cc3ccccc3o2)c2c(F)c(C(=O)O)ccc21. The molecule has 154 valence electrons. The number of aromatic nitrogens is 2. The quantitative estimate of drug-likeness (QED) is 0.424. The molecule has 2 aromatic carbocycles. The minimum Gasteiger partial charge on any atom is -0.478 e. The molecule has 0 radical (unpaired) electrons. The van der Waals surface area contributed by atoms with Gasteiger partial charge >= 0.3 is 5.97 Å². The summed E-state index contributed by atoms with van der Waals surface area (Å²) >= 11 is 1.31. The molecule has 3 aromatic heterocycles. The molecule has 31 heavy (non-hydrogen) atoms. The number of amides is 1. The predicted molar refractivity (Wildman–Crippen MR) is 114 cm³/mol. The lowest BCUT2D eigenvalue weighted by Crippen LogP contribution is -2.27. The van der Waals surface area contributed by atoms with Gasteiger partial charge in [0.15, 0.2) is 11.8 Å². The van der Waals surface area contributed by atoms with Gasteiger partial charge in [-0.2, -0.15) is 5.10 Å². The zero-order valence-corrected chi connectivity index (χ0v) is 16.6. The molecule has 0 aliphatic heterocycles. The van der Waals surface area contributed by atoms with Gasteiger partial charge in [0.05, 0.1) is 16.5 Å². The normalized spacial score (nSPS) is 12.4. The number of halogens is 1. The molecule has 1 atom stereocenters. The van der Waals surface area contributed by atoms with Gasteiger partial charge in [0.1, 0.15) is 17.1 Å². The molecule has 0 aliphatic rings. The lowest BCUT2D eigenvalue weighted by Gasteiger charge is -2.13. The number of hydrogen-bond donors (Lipinski definition) is 2. The van der Waals surface area contributed by atoms with Crippen LogP contribution in [0.25, 0.3) is 33.3 Å². The van der Waals surface area contributed by atoms with Crippen LogP contribution in [0, 0.1) is 5.82 Å². The lowest BCUT2D eigenvalue weighted by atomic mass is 10.1. The molecule has 0 aliphatic carbocycles. The first kappa shape index (κ1) is 19.0. The van der Waals surface area contributed by atoms with Crippen LogP contribution >= 0.6 is 11.3 Å². The van der Waals surface area contributed by atoms with Crippen LogP contribution in [0.3, 0.4) is 0 Å². The van der Waals surface area contributed by atoms with Crippen molar-refractivity contribution in [3.8, 4) is 11.5 Å². The molecular formula is C22H14FN3O4S. The predicted octanol–water partition coefficient (Wildman–Crippen LogP) is 4.42. The number of hydrogen-bond acceptors (Lipinski definition) is 5. The second kappa shape index (κ2) is 7.06. The third-order valence-corrected chi connectivity index (χ3v) is 5.95. The molecule has 0 saturated carbocycles. The Labute approximate surface area is 178 Å². The third-order valence-electron chi connectivity index (χ3n) is 5.03. The van der Waals surface area contributed by atoms with Crippen LogP contribution in [-0.2, 0) is 4.79 Å². The highest BCUT2D eigenvalue weighted by atomic mass is 32.1. The molecule has 1 amide bonds. The van der Waals surface area contributed by atoms with Crippen molar-refractivity contribution in [3.63, 3.8) is 0 Å². The number of rotatable bonds is 5. The highest BCUT2D eigenvalue weighted by Gasteiger charge is 2.29. The summed E-state index contributed by atoms with van der Waals surface area (Å²) < 4.78 is 22.5. The number of nitrogens with two attached hydrogens (primary N) is 1. The molecule has 5 aromatic rings. The number of primary amides is 1. The number of nitrogens with zero attached hydrogens (tertiary/aromatic N) is 2. The number of benzene rings is 2. The highest BCUT2D eigenvalue weighted by molar-refractivity contribution is 7.10. The summed E-state index contributed by atoms with van der Waals surface area (Å²) in [7, 11) is 0. The fraction of sp³-hybridized carbons (Fsp3) is 0.0455. The monoisotopic (exact) mass is 435 g/mol. The summed E-state index contributed by atoms with van der Waals surface area (Å²) in [6.45, 7) is 0. The Hall–Kier alpha value is -3.98. The van der Waals surface area contributed by atoms with Crippen LogP contribution in [0.5, 0.6) is 0 Å². The number of para-hydroxylation sites is 1. The van der Waals surface area contributed by atoms with E-state index in [1.807, 2.05) is 12.1 Å². The smallest absolute Gasteiger partial charge is 0.338 e. The summed E-state index contributed by atoms with van der Waals surface area (Å²) in [6, 6.07) is 14.0. The maximum atomic E-state index is 15.4. The minimum absolute atomic E-state index is 0.0539. The Balaban J connectivity index is 1.85. The van der Waals surface area contributed by atoms with E-state index in [-0.39, 0.29) is 22.4 Å². The zero-order chi connectivity index (χ0) is 21.7. The molecule has 1 unspecified atom stereocenters. The number of carbonyl (C=O) groups is 2. The van der Waals surface area contributed by atoms with Crippen LogP contribution in [-0.4, -0.2) is 26.8 Å². The second-order valence-corrected chi connectivity index (χ2v) is 7.87. The molecule has 9 heteroatoms. The fourth-order valence-electron chi connectivity index (χ4n) is 3.65. The Bertz CT molecular complexity index is 1440. The zero-order valence-electron chi connectivity index (χ0n) is 15.8. The summed E-state index contributed by atoms with van der Waals surface area (Å²) in [6.07, 6.45) is 0. The Morgan fingerprint density at radius 2 is 1.97 bits per heavy atom. The summed E-state index contributed by atoms with van der Waals surface area (Å²) in [5.41, 5.74) is 6.06. The van der Waals surface area contributed by atoms with E-state index in [4.69, 9.17) is 10.2 Å². The number of aromatic carboxylic acids is 1. The maximum Gasteiger partial charge on any atom is 0.338 e. The van der Waals surface area contributed by atoms with Crippen LogP contribution in [0.4, 0.5) is 4.39 Å². The fourth-order valence-corrected chi connectivity index (χ4v) is 4.47. The lowest BCUT2D eigenvalue weighted by molar-refractivity contribution is -0.120. The molecular weight excluding hydrogens is 421 g/mol. The average molecular weight is 435 g/mol. The van der Waals surface area contributed by atoms with Crippen molar-refractivity contribution in [1.29, 1.82) is 0 Å². The number of furan rings is 1. The van der Waals surface area contributed by atoms with E-state index in [2.05, 4.69) is 5.10 Å². The second-order valence-electron chi connectivity index (χ2n) is 6.89. The third kappa shape index (κ3) is 2.98. The minimum atomic E-state index is -1.41. The molecule has 3 heterocycles. The number of carboxylic acid groups (broad SMARTS) is 1. The van der Waals surface area contributed by atoms with Crippen molar-refractivity contribution in [2.24, 2.45) is 5.73 Å². The van der Waals surface area contributed by atoms with Gasteiger partial charge < -0.3 is 15.3 Å². The van der Waals surface area contributed by atoms with Crippen molar-refractivity contribution < 1.29 is 23.5 Å². The van der Waals surface area contributed by atoms with Crippen LogP contribution in [0.2, 0.25) is 0 Å². The maximum absolute atomic E-state index is 15.4. The van der Waals surface area contributed by atoms with Crippen LogP contribution < -0.4 is 5.73 Å². The van der Waals surface area contributed by atoms with Crippen molar-refractivity contribution in [1.82, 2.24) is 9.78 Å². The number of carboxylic acids is 1. The van der Waals surface area contributed by atoms with E-state index in [9.17, 15) is 14.7 Å². The van der Waals surface area contributed by atoms with Crippen molar-refractivity contribution >= 4 is 45.1 Å². The molecule has 0 fully saturated rings. The first-order chi connectivity index (χ1) is 15.0. The van der Waals surface area contributed by atoms with Crippen molar-refractivity contribution in [2.45, 2.75) is 6.04 Å². The van der Waals surface area contributed by atoms with E-state index < -0.39 is 29.3 Å². The number of fused-ring (bicyclic) bond motifs is 2. The van der Waals surface area contributed by atoms with Gasteiger partial charge in [0.2, 0.25) is 5.91 Å². The van der Waals surface area contributed by atoms with Gasteiger partial charge in [0.25, 0.3) is 0 Å². The number of thiophene rings is 1. The van der Waals surface area contributed by atoms with E-state index in [1.54, 1.807) is 35.7 Å². The van der Waals surface area contributed by atoms with Gasteiger partial charge in [0, 0.05) is 10.3 Å². The van der Waals surface area contributed by atoms with Gasteiger partial charge in [-0.3, -0.25) is 4.79 Å². The summed E-state index contributed by atoms with van der Waals surface area (Å²) in [4.78, 5) is 24.5. The molecule has 0 saturated heterocycles. The van der Waals surface area contributed by atoms with Crippen molar-refractivity contribution in [2.75, 3.05) is 0 Å². The first-order valence-corrected chi connectivity index (χ1v) is 10.1. The summed E-state index contributed by atoms with van der Waals surface area (Å²) in [5.74, 6) is -2.79. The first-order valence-electron chi connectivity index (χ1n) is 9.21. The van der Waals surface area contributed by atoms with E-state index in [1.165, 1.54) is 22.1 Å². The Kier molecular flexibility index (Phi) is 4.33. The van der Waals surface area contributed by atoms with Crippen LogP contribution in [0.1, 0.15) is 21.3 Å². The van der Waals surface area contributed by atoms with Gasteiger partial charge in [-0.1, -0.05) is 24.3 Å². The standard InChI is InChI=1S/C22H14FN3O4S/c23-18-12(22(28)29)7-8-13-17(18)19(15-10-11-4-1-2-5-14(11)30-15)25-26(13)20(21(24)27)16-6-3-9-31-16/h1-10,20H,(H2,24,27)(H,28,29). The molecule has 7 nitrogen and oxygen atoms in total. The largest absolute Gasteiger partial charge is 0.478 e. The van der Waals surface area contributed by atoms with Gasteiger partial charge in [-0.05, 0) is 35.7 Å². The number of carbonyl (C=O) groups excluding carboxylic acids is 1. The molecule has 5 rings (SSSR count). The highest BCUT2D eigenvalue weighted by Crippen LogP contribution is 2.37. The van der Waals surface area contributed by atoms with Crippen molar-refractivity contribution in [3.05, 3.63) is 76.2 Å². The molecule has 0 bridgehead atoms. The van der Waals surface area contributed by atoms with E-state index >= 15 is 4.39 Å². The van der Waals surface area contributed by atoms with Crippen LogP contribution in [0.15, 0.2) is 64.4 Å². The Morgan fingerprint density at radius 1 is 1.16 bits per heavy atom. The van der Waals surface area contributed by atoms with Gasteiger partial charge in [-0.25, -0.2) is 13.9 Å². The van der Waals surface area contributed by atoms with E-state index in [0.717, 1.165) is 11.5 Å². The van der Waals surface area contributed by atoms with Gasteiger partial charge in [-0.15, -0.1) is 11.3 Å². The van der Waals surface area contributed by atoms with E-state index in [0.29, 0.717) is 10.5 Å². The Morgan fingerprint density at radius 3 is 2.65 bits per heavy atom. The molecule has 3 N–H and O–H groups in total. The average Bonchev–Trinajstić information content (AvgIpc) is 3.46. The summed E-state index contributed by atoms with van der Waals surface area (Å²) in [5, 5.41) is 16.4. The topological polar surface area (TPSA) is 111 Å². The molecule has 0 spiro atoms.